The highest BCUT2D eigenvalue weighted by molar-refractivity contribution is 6.30. The van der Waals surface area contributed by atoms with Crippen LogP contribution in [-0.4, -0.2) is 31.7 Å². The molecule has 0 bridgehead atoms. The predicted molar refractivity (Wildman–Crippen MR) is 71.1 cm³/mol. The Hall–Kier alpha value is -0.770. The van der Waals surface area contributed by atoms with E-state index in [-0.39, 0.29) is 0 Å². The summed E-state index contributed by atoms with van der Waals surface area (Å²) in [6.45, 7) is 3.92. The first-order valence-electron chi connectivity index (χ1n) is 5.94. The zero-order valence-corrected chi connectivity index (χ0v) is 10.9. The minimum atomic E-state index is 0.653. The van der Waals surface area contributed by atoms with Crippen molar-refractivity contribution in [2.45, 2.75) is 13.0 Å². The molecule has 0 spiro atoms. The van der Waals surface area contributed by atoms with Crippen molar-refractivity contribution in [2.24, 2.45) is 5.92 Å². The summed E-state index contributed by atoms with van der Waals surface area (Å²) in [6.07, 6.45) is 1.20. The topological polar surface area (TPSA) is 38.5 Å². The average molecular weight is 255 g/mol. The van der Waals surface area contributed by atoms with Crippen LogP contribution in [0.3, 0.4) is 0 Å². The molecular formula is C13H19ClN2O. The Balaban J connectivity index is 1.95. The molecule has 0 saturated carbocycles. The van der Waals surface area contributed by atoms with Crippen molar-refractivity contribution in [2.75, 3.05) is 32.5 Å². The van der Waals surface area contributed by atoms with Gasteiger partial charge in [-0.1, -0.05) is 11.6 Å². The van der Waals surface area contributed by atoms with Crippen molar-refractivity contribution in [3.63, 3.8) is 0 Å². The predicted octanol–water partition coefficient (Wildman–Crippen LogP) is 2.39. The maximum absolute atomic E-state index is 5.99. The molecule has 0 aliphatic carbocycles. The van der Waals surface area contributed by atoms with Crippen LogP contribution in [0, 0.1) is 5.92 Å². The first-order valence-corrected chi connectivity index (χ1v) is 6.32. The van der Waals surface area contributed by atoms with E-state index in [1.54, 1.807) is 7.11 Å². The van der Waals surface area contributed by atoms with E-state index in [1.165, 1.54) is 6.42 Å². The second kappa shape index (κ2) is 5.71. The van der Waals surface area contributed by atoms with Crippen LogP contribution in [0.2, 0.25) is 5.02 Å². The number of nitrogens with zero attached hydrogens (tertiary/aromatic N) is 1. The van der Waals surface area contributed by atoms with Gasteiger partial charge < -0.3 is 10.5 Å². The van der Waals surface area contributed by atoms with E-state index in [9.17, 15) is 0 Å². The van der Waals surface area contributed by atoms with E-state index in [4.69, 9.17) is 22.1 Å². The zero-order chi connectivity index (χ0) is 12.3. The van der Waals surface area contributed by atoms with Crippen LogP contribution in [0.15, 0.2) is 18.2 Å². The van der Waals surface area contributed by atoms with Gasteiger partial charge in [-0.05, 0) is 42.6 Å². The Kier molecular flexibility index (Phi) is 4.26. The summed E-state index contributed by atoms with van der Waals surface area (Å²) in [5.74, 6) is 0.653. The molecule has 94 valence electrons. The summed E-state index contributed by atoms with van der Waals surface area (Å²) in [6, 6.07) is 5.67. The fourth-order valence-electron chi connectivity index (χ4n) is 2.38. The number of nitrogen functional groups attached to an aromatic ring is 1. The van der Waals surface area contributed by atoms with Gasteiger partial charge in [0.15, 0.2) is 0 Å². The van der Waals surface area contributed by atoms with Crippen LogP contribution in [0.5, 0.6) is 0 Å². The highest BCUT2D eigenvalue weighted by Gasteiger charge is 2.22. The number of methoxy groups -OCH3 is 1. The summed E-state index contributed by atoms with van der Waals surface area (Å²) >= 11 is 5.99. The third kappa shape index (κ3) is 3.35. The maximum Gasteiger partial charge on any atom is 0.0503 e. The van der Waals surface area contributed by atoms with Gasteiger partial charge in [-0.3, -0.25) is 4.90 Å². The number of hydrogen-bond donors (Lipinski definition) is 1. The van der Waals surface area contributed by atoms with Crippen molar-refractivity contribution in [3.8, 4) is 0 Å². The lowest BCUT2D eigenvalue weighted by molar-refractivity contribution is 0.152. The number of likely N-dealkylation sites (tertiary alicyclic amines) is 1. The molecule has 1 atom stereocenters. The van der Waals surface area contributed by atoms with E-state index in [1.807, 2.05) is 18.2 Å². The van der Waals surface area contributed by atoms with E-state index >= 15 is 0 Å². The number of halogens is 1. The van der Waals surface area contributed by atoms with Gasteiger partial charge in [0, 0.05) is 30.9 Å². The number of rotatable bonds is 4. The molecule has 17 heavy (non-hydrogen) atoms. The molecular weight excluding hydrogens is 236 g/mol. The second-order valence-corrected chi connectivity index (χ2v) is 5.12. The van der Waals surface area contributed by atoms with Crippen LogP contribution in [0.1, 0.15) is 12.0 Å². The maximum atomic E-state index is 5.99. The molecule has 1 fully saturated rings. The average Bonchev–Trinajstić information content (AvgIpc) is 2.72. The van der Waals surface area contributed by atoms with Gasteiger partial charge in [0.1, 0.15) is 0 Å². The molecule has 0 radical (unpaired) electrons. The van der Waals surface area contributed by atoms with Gasteiger partial charge in [-0.25, -0.2) is 0 Å². The highest BCUT2D eigenvalue weighted by Crippen LogP contribution is 2.23. The van der Waals surface area contributed by atoms with Crippen molar-refractivity contribution in [3.05, 3.63) is 28.8 Å². The van der Waals surface area contributed by atoms with Gasteiger partial charge >= 0.3 is 0 Å². The largest absolute Gasteiger partial charge is 0.398 e. The Morgan fingerprint density at radius 3 is 3.12 bits per heavy atom. The van der Waals surface area contributed by atoms with E-state index in [0.29, 0.717) is 5.92 Å². The number of ether oxygens (including phenoxy) is 1. The van der Waals surface area contributed by atoms with Crippen LogP contribution < -0.4 is 5.73 Å². The summed E-state index contributed by atoms with van der Waals surface area (Å²) in [5, 5.41) is 0.752. The monoisotopic (exact) mass is 254 g/mol. The van der Waals surface area contributed by atoms with Crippen molar-refractivity contribution in [1.29, 1.82) is 0 Å². The molecule has 2 N–H and O–H groups in total. The van der Waals surface area contributed by atoms with E-state index in [0.717, 1.165) is 42.5 Å². The molecule has 1 saturated heterocycles. The van der Waals surface area contributed by atoms with Crippen molar-refractivity contribution >= 4 is 17.3 Å². The fourth-order valence-corrected chi connectivity index (χ4v) is 2.58. The molecule has 1 aliphatic heterocycles. The van der Waals surface area contributed by atoms with E-state index in [2.05, 4.69) is 4.90 Å². The first kappa shape index (κ1) is 12.7. The standard InChI is InChI=1S/C13H19ClN2O/c1-17-9-10-4-5-16(7-10)8-11-6-12(14)2-3-13(11)15/h2-3,6,10H,4-5,7-9,15H2,1H3. The highest BCUT2D eigenvalue weighted by atomic mass is 35.5. The van der Waals surface area contributed by atoms with Crippen LogP contribution in [0.25, 0.3) is 0 Å². The Labute approximate surface area is 107 Å². The Bertz CT molecular complexity index is 384. The summed E-state index contributed by atoms with van der Waals surface area (Å²) in [4.78, 5) is 2.41. The third-order valence-corrected chi connectivity index (χ3v) is 3.51. The van der Waals surface area contributed by atoms with Gasteiger partial charge in [0.05, 0.1) is 6.61 Å². The van der Waals surface area contributed by atoms with Gasteiger partial charge in [0.2, 0.25) is 0 Å². The van der Waals surface area contributed by atoms with Crippen LogP contribution in [-0.2, 0) is 11.3 Å². The van der Waals surface area contributed by atoms with E-state index < -0.39 is 0 Å². The molecule has 2 rings (SSSR count). The van der Waals surface area contributed by atoms with Gasteiger partial charge in [0.25, 0.3) is 0 Å². The van der Waals surface area contributed by atoms with Gasteiger partial charge in [-0.15, -0.1) is 0 Å². The molecule has 1 heterocycles. The fraction of sp³-hybridized carbons (Fsp3) is 0.538. The molecule has 4 heteroatoms. The lowest BCUT2D eigenvalue weighted by Crippen LogP contribution is -2.21. The molecule has 1 aliphatic rings. The quantitative estimate of drug-likeness (QED) is 0.839. The summed E-state index contributed by atoms with van der Waals surface area (Å²) in [5.41, 5.74) is 7.90. The molecule has 1 aromatic carbocycles. The zero-order valence-electron chi connectivity index (χ0n) is 10.2. The summed E-state index contributed by atoms with van der Waals surface area (Å²) < 4.78 is 5.19. The number of nitrogens with two attached hydrogens (primary N) is 1. The molecule has 0 aromatic heterocycles. The Morgan fingerprint density at radius 1 is 1.53 bits per heavy atom. The number of benzene rings is 1. The lowest BCUT2D eigenvalue weighted by Gasteiger charge is -2.17. The number of hydrogen-bond acceptors (Lipinski definition) is 3. The summed E-state index contributed by atoms with van der Waals surface area (Å²) in [7, 11) is 1.76. The number of anilines is 1. The normalized spacial score (nSPS) is 20.9. The molecule has 0 amide bonds. The smallest absolute Gasteiger partial charge is 0.0503 e. The molecule has 1 aromatic rings. The van der Waals surface area contributed by atoms with Crippen molar-refractivity contribution in [1.82, 2.24) is 4.90 Å². The van der Waals surface area contributed by atoms with Crippen LogP contribution >= 0.6 is 11.6 Å². The van der Waals surface area contributed by atoms with Crippen LogP contribution in [0.4, 0.5) is 5.69 Å². The minimum absolute atomic E-state index is 0.653. The van der Waals surface area contributed by atoms with Gasteiger partial charge in [-0.2, -0.15) is 0 Å². The first-order chi connectivity index (χ1) is 8.19. The molecule has 3 nitrogen and oxygen atoms in total. The Morgan fingerprint density at radius 2 is 2.35 bits per heavy atom. The molecule has 1 unspecified atom stereocenters. The van der Waals surface area contributed by atoms with Crippen molar-refractivity contribution < 1.29 is 4.74 Å². The second-order valence-electron chi connectivity index (χ2n) is 4.69. The minimum Gasteiger partial charge on any atom is -0.398 e. The third-order valence-electron chi connectivity index (χ3n) is 3.27. The lowest BCUT2D eigenvalue weighted by atomic mass is 10.1. The SMILES string of the molecule is COCC1CCN(Cc2cc(Cl)ccc2N)C1.